The Kier molecular flexibility index (Phi) is 4.43. The van der Waals surface area contributed by atoms with E-state index in [4.69, 9.17) is 0 Å². The van der Waals surface area contributed by atoms with Gasteiger partial charge in [0.05, 0.1) is 6.04 Å². The van der Waals surface area contributed by atoms with E-state index in [9.17, 15) is 4.79 Å². The molecule has 0 saturated carbocycles. The van der Waals surface area contributed by atoms with Crippen molar-refractivity contribution in [3.63, 3.8) is 0 Å². The molecule has 0 aromatic heterocycles. The van der Waals surface area contributed by atoms with Crippen LogP contribution in [0.15, 0.2) is 24.3 Å². The minimum absolute atomic E-state index is 0.0261. The Morgan fingerprint density at radius 1 is 1.42 bits per heavy atom. The summed E-state index contributed by atoms with van der Waals surface area (Å²) in [5.74, 6) is 0.198. The number of amides is 1. The van der Waals surface area contributed by atoms with Crippen molar-refractivity contribution in [3.8, 4) is 0 Å². The number of nitrogens with zero attached hydrogens (tertiary/aromatic N) is 2. The number of rotatable bonds is 4. The van der Waals surface area contributed by atoms with Gasteiger partial charge < -0.3 is 15.1 Å². The lowest BCUT2D eigenvalue weighted by atomic mass is 10.0. The van der Waals surface area contributed by atoms with E-state index in [0.29, 0.717) is 0 Å². The van der Waals surface area contributed by atoms with E-state index in [-0.39, 0.29) is 11.9 Å². The number of anilines is 2. The van der Waals surface area contributed by atoms with Crippen LogP contribution in [0, 0.1) is 0 Å². The maximum absolute atomic E-state index is 12.4. The third-order valence-corrected chi connectivity index (χ3v) is 3.55. The quantitative estimate of drug-likeness (QED) is 0.898. The van der Waals surface area contributed by atoms with Gasteiger partial charge in [0.1, 0.15) is 0 Å². The Balaban J connectivity index is 2.20. The fourth-order valence-corrected chi connectivity index (χ4v) is 2.51. The molecule has 0 bridgehead atoms. The minimum Gasteiger partial charge on any atom is -0.378 e. The molecule has 1 heterocycles. The predicted molar refractivity (Wildman–Crippen MR) is 79.8 cm³/mol. The van der Waals surface area contributed by atoms with Gasteiger partial charge in [-0.1, -0.05) is 13.0 Å². The molecule has 1 aliphatic heterocycles. The van der Waals surface area contributed by atoms with Crippen molar-refractivity contribution < 1.29 is 4.79 Å². The van der Waals surface area contributed by atoms with Gasteiger partial charge in [-0.3, -0.25) is 4.79 Å². The van der Waals surface area contributed by atoms with Crippen LogP contribution >= 0.6 is 0 Å². The lowest BCUT2D eigenvalue weighted by Gasteiger charge is -2.33. The van der Waals surface area contributed by atoms with Gasteiger partial charge in [-0.15, -0.1) is 0 Å². The summed E-state index contributed by atoms with van der Waals surface area (Å²) in [5, 5.41) is 3.27. The molecule has 1 aromatic rings. The van der Waals surface area contributed by atoms with Gasteiger partial charge >= 0.3 is 0 Å². The molecule has 19 heavy (non-hydrogen) atoms. The highest BCUT2D eigenvalue weighted by atomic mass is 16.2. The number of hydrogen-bond acceptors (Lipinski definition) is 3. The van der Waals surface area contributed by atoms with Crippen molar-refractivity contribution in [3.05, 3.63) is 24.3 Å². The summed E-state index contributed by atoms with van der Waals surface area (Å²) in [7, 11) is 4.02. The first kappa shape index (κ1) is 13.9. The molecule has 1 aromatic carbocycles. The number of hydrogen-bond donors (Lipinski definition) is 1. The predicted octanol–water partition coefficient (Wildman–Crippen LogP) is 1.86. The number of piperidine rings is 1. The van der Waals surface area contributed by atoms with Crippen molar-refractivity contribution in [1.82, 2.24) is 5.32 Å². The van der Waals surface area contributed by atoms with E-state index in [1.165, 1.54) is 0 Å². The van der Waals surface area contributed by atoms with Gasteiger partial charge in [-0.05, 0) is 37.6 Å². The second kappa shape index (κ2) is 6.06. The van der Waals surface area contributed by atoms with Crippen LogP contribution < -0.4 is 15.1 Å². The SMILES string of the molecule is CCNC1CCCN(c2cccc(N(C)C)c2)C1=O. The molecule has 0 aliphatic carbocycles. The molecule has 1 unspecified atom stereocenters. The van der Waals surface area contributed by atoms with Gasteiger partial charge in [0.15, 0.2) is 0 Å². The zero-order chi connectivity index (χ0) is 13.8. The van der Waals surface area contributed by atoms with Crippen LogP contribution in [0.1, 0.15) is 19.8 Å². The Hall–Kier alpha value is -1.55. The molecule has 0 radical (unpaired) electrons. The average Bonchev–Trinajstić information content (AvgIpc) is 2.41. The van der Waals surface area contributed by atoms with Gasteiger partial charge in [-0.25, -0.2) is 0 Å². The number of carbonyl (C=O) groups excluding carboxylic acids is 1. The third-order valence-electron chi connectivity index (χ3n) is 3.55. The number of benzene rings is 1. The van der Waals surface area contributed by atoms with Gasteiger partial charge in [0, 0.05) is 32.0 Å². The van der Waals surface area contributed by atoms with Crippen LogP contribution in [0.2, 0.25) is 0 Å². The molecule has 1 atom stereocenters. The zero-order valence-corrected chi connectivity index (χ0v) is 12.0. The van der Waals surface area contributed by atoms with Crippen molar-refractivity contribution in [1.29, 1.82) is 0 Å². The Morgan fingerprint density at radius 3 is 2.89 bits per heavy atom. The minimum atomic E-state index is -0.0261. The Bertz CT molecular complexity index is 443. The molecule has 1 aliphatic rings. The van der Waals surface area contributed by atoms with Crippen LogP contribution in [0.25, 0.3) is 0 Å². The van der Waals surface area contributed by atoms with E-state index in [0.717, 1.165) is 37.3 Å². The first-order valence-electron chi connectivity index (χ1n) is 6.95. The molecular weight excluding hydrogens is 238 g/mol. The van der Waals surface area contributed by atoms with Crippen molar-refractivity contribution >= 4 is 17.3 Å². The lowest BCUT2D eigenvalue weighted by molar-refractivity contribution is -0.121. The highest BCUT2D eigenvalue weighted by Crippen LogP contribution is 2.25. The van der Waals surface area contributed by atoms with E-state index in [1.807, 2.05) is 38.1 Å². The monoisotopic (exact) mass is 261 g/mol. The maximum atomic E-state index is 12.4. The van der Waals surface area contributed by atoms with Gasteiger partial charge in [0.2, 0.25) is 5.91 Å². The summed E-state index contributed by atoms with van der Waals surface area (Å²) < 4.78 is 0. The molecule has 4 heteroatoms. The summed E-state index contributed by atoms with van der Waals surface area (Å²) in [5.41, 5.74) is 2.12. The van der Waals surface area contributed by atoms with Crippen LogP contribution in [0.5, 0.6) is 0 Å². The van der Waals surface area contributed by atoms with E-state index in [1.54, 1.807) is 0 Å². The van der Waals surface area contributed by atoms with Crippen LogP contribution in [-0.2, 0) is 4.79 Å². The molecule has 104 valence electrons. The van der Waals surface area contributed by atoms with Gasteiger partial charge in [-0.2, -0.15) is 0 Å². The molecule has 1 fully saturated rings. The molecule has 0 spiro atoms. The molecule has 1 amide bonds. The smallest absolute Gasteiger partial charge is 0.244 e. The molecule has 4 nitrogen and oxygen atoms in total. The fraction of sp³-hybridized carbons (Fsp3) is 0.533. The third kappa shape index (κ3) is 3.07. The van der Waals surface area contributed by atoms with E-state index >= 15 is 0 Å². The summed E-state index contributed by atoms with van der Waals surface area (Å²) in [6.07, 6.45) is 1.99. The van der Waals surface area contributed by atoms with Gasteiger partial charge in [0.25, 0.3) is 0 Å². The summed E-state index contributed by atoms with van der Waals surface area (Å²) >= 11 is 0. The number of likely N-dealkylation sites (N-methyl/N-ethyl adjacent to an activating group) is 1. The highest BCUT2D eigenvalue weighted by molar-refractivity contribution is 5.98. The van der Waals surface area contributed by atoms with Crippen molar-refractivity contribution in [2.24, 2.45) is 0 Å². The first-order chi connectivity index (χ1) is 9.13. The normalized spacial score (nSPS) is 19.6. The summed E-state index contributed by atoms with van der Waals surface area (Å²) in [4.78, 5) is 16.4. The molecular formula is C15H23N3O. The first-order valence-corrected chi connectivity index (χ1v) is 6.95. The largest absolute Gasteiger partial charge is 0.378 e. The van der Waals surface area contributed by atoms with E-state index in [2.05, 4.69) is 22.3 Å². The Morgan fingerprint density at radius 2 is 2.21 bits per heavy atom. The van der Waals surface area contributed by atoms with Crippen molar-refractivity contribution in [2.45, 2.75) is 25.8 Å². The average molecular weight is 261 g/mol. The Labute approximate surface area is 115 Å². The summed E-state index contributed by atoms with van der Waals surface area (Å²) in [6, 6.07) is 8.13. The van der Waals surface area contributed by atoms with Crippen LogP contribution in [-0.4, -0.2) is 39.1 Å². The maximum Gasteiger partial charge on any atom is 0.244 e. The zero-order valence-electron chi connectivity index (χ0n) is 12.0. The second-order valence-corrected chi connectivity index (χ2v) is 5.16. The highest BCUT2D eigenvalue weighted by Gasteiger charge is 2.28. The number of nitrogens with one attached hydrogen (secondary N) is 1. The standard InChI is InChI=1S/C15H23N3O/c1-4-16-14-9-6-10-18(15(14)19)13-8-5-7-12(11-13)17(2)3/h5,7-8,11,14,16H,4,6,9-10H2,1-3H3. The molecule has 1 saturated heterocycles. The van der Waals surface area contributed by atoms with Crippen LogP contribution in [0.3, 0.4) is 0 Å². The van der Waals surface area contributed by atoms with Crippen LogP contribution in [0.4, 0.5) is 11.4 Å². The fourth-order valence-electron chi connectivity index (χ4n) is 2.51. The molecule has 1 N–H and O–H groups in total. The summed E-state index contributed by atoms with van der Waals surface area (Å²) in [6.45, 7) is 3.69. The molecule has 2 rings (SSSR count). The number of carbonyl (C=O) groups is 1. The lowest BCUT2D eigenvalue weighted by Crippen LogP contribution is -2.50. The topological polar surface area (TPSA) is 35.6 Å². The van der Waals surface area contributed by atoms with E-state index < -0.39 is 0 Å². The van der Waals surface area contributed by atoms with Crippen molar-refractivity contribution in [2.75, 3.05) is 37.0 Å². The second-order valence-electron chi connectivity index (χ2n) is 5.16.